The van der Waals surface area contributed by atoms with Gasteiger partial charge >= 0.3 is 18.6 Å². The molecule has 0 bridgehead atoms. The smallest absolute Gasteiger partial charge is 0.387 e. The Morgan fingerprint density at radius 1 is 0.944 bits per heavy atom. The zero-order chi connectivity index (χ0) is 38.4. The SMILES string of the molecule is CN1CCC(OC(=O)C(NS(=O)(=O)c2cccc(C(=O)O[C@@H](Cc3c(Cl)cncc3Cl)c3ccc(OC(F)F)c(OCC4CC4)c3)c2)c2ccccc2)C1. The molecule has 1 saturated carbocycles. The van der Waals surface area contributed by atoms with Gasteiger partial charge in [-0.15, -0.1) is 0 Å². The first-order valence-electron chi connectivity index (χ1n) is 17.1. The molecule has 1 aliphatic carbocycles. The standard InChI is InChI=1S/C38H37Cl2F2N3O8S/c1-45-15-14-27(21-45)51-37(47)35(24-6-3-2-4-7-24)44-54(48,49)28-9-5-8-26(16-28)36(46)52-33(18-29-30(39)19-43-20-31(29)40)25-12-13-32(53-38(41)42)34(17-25)50-22-23-10-11-23/h2-9,12-13,16-17,19-20,23,27,33,35,38,44H,10-11,14-15,18,21-22H2,1H3/t27?,33-,35?/m0/s1. The summed E-state index contributed by atoms with van der Waals surface area (Å²) in [6.07, 6.45) is 3.67. The molecule has 0 spiro atoms. The van der Waals surface area contributed by atoms with Crippen molar-refractivity contribution < 1.29 is 45.7 Å². The van der Waals surface area contributed by atoms with Gasteiger partial charge in [-0.3, -0.25) is 4.98 Å². The minimum atomic E-state index is -4.42. The highest BCUT2D eigenvalue weighted by Gasteiger charge is 2.33. The Balaban J connectivity index is 1.27. The number of halogens is 4. The first kappa shape index (κ1) is 39.4. The normalized spacial score (nSPS) is 17.2. The van der Waals surface area contributed by atoms with Gasteiger partial charge in [0.05, 0.1) is 27.1 Å². The number of rotatable bonds is 16. The zero-order valence-electron chi connectivity index (χ0n) is 29.0. The first-order chi connectivity index (χ1) is 25.9. The van der Waals surface area contributed by atoms with Gasteiger partial charge in [-0.05, 0) is 79.3 Å². The number of hydrogen-bond donors (Lipinski definition) is 1. The second-order valence-corrected chi connectivity index (χ2v) is 15.6. The van der Waals surface area contributed by atoms with E-state index in [1.165, 1.54) is 48.8 Å². The maximum Gasteiger partial charge on any atom is 0.387 e. The summed E-state index contributed by atoms with van der Waals surface area (Å²) in [7, 11) is -2.52. The van der Waals surface area contributed by atoms with E-state index in [-0.39, 0.29) is 50.9 Å². The molecule has 6 rings (SSSR count). The number of benzene rings is 3. The summed E-state index contributed by atoms with van der Waals surface area (Å²) < 4.78 is 78.8. The molecular formula is C38H37Cl2F2N3O8S. The highest BCUT2D eigenvalue weighted by Crippen LogP contribution is 2.38. The van der Waals surface area contributed by atoms with Crippen molar-refractivity contribution in [1.29, 1.82) is 0 Å². The second kappa shape index (κ2) is 17.4. The molecule has 1 aromatic heterocycles. The summed E-state index contributed by atoms with van der Waals surface area (Å²) >= 11 is 12.9. The number of carbonyl (C=O) groups is 2. The molecule has 1 N–H and O–H groups in total. The van der Waals surface area contributed by atoms with Crippen LogP contribution in [-0.2, 0) is 30.7 Å². The average molecular weight is 805 g/mol. The van der Waals surface area contributed by atoms with E-state index in [1.54, 1.807) is 30.3 Å². The molecule has 4 aromatic rings. The van der Waals surface area contributed by atoms with Crippen molar-refractivity contribution in [3.63, 3.8) is 0 Å². The van der Waals surface area contributed by atoms with Crippen LogP contribution in [0.2, 0.25) is 10.0 Å². The maximum atomic E-state index is 13.8. The molecule has 1 aliphatic heterocycles. The highest BCUT2D eigenvalue weighted by molar-refractivity contribution is 7.89. The molecule has 0 radical (unpaired) electrons. The topological polar surface area (TPSA) is 133 Å². The maximum absolute atomic E-state index is 13.8. The molecule has 2 unspecified atom stereocenters. The van der Waals surface area contributed by atoms with E-state index in [0.29, 0.717) is 29.7 Å². The quantitative estimate of drug-likeness (QED) is 0.116. The van der Waals surface area contributed by atoms with Crippen LogP contribution in [0.1, 0.15) is 58.5 Å². The summed E-state index contributed by atoms with van der Waals surface area (Å²) in [5, 5.41) is 0.383. The fourth-order valence-corrected chi connectivity index (χ4v) is 7.64. The van der Waals surface area contributed by atoms with Crippen molar-refractivity contribution in [1.82, 2.24) is 14.6 Å². The number of hydrogen-bond acceptors (Lipinski definition) is 10. The monoisotopic (exact) mass is 803 g/mol. The summed E-state index contributed by atoms with van der Waals surface area (Å²) in [6.45, 7) is -1.57. The van der Waals surface area contributed by atoms with Gasteiger partial charge in [-0.25, -0.2) is 18.0 Å². The largest absolute Gasteiger partial charge is 0.489 e. The Bertz CT molecular complexity index is 2050. The third kappa shape index (κ3) is 10.2. The molecule has 2 heterocycles. The van der Waals surface area contributed by atoms with Gasteiger partial charge in [0.25, 0.3) is 0 Å². The number of carbonyl (C=O) groups excluding carboxylic acids is 2. The van der Waals surface area contributed by atoms with Crippen LogP contribution in [-0.4, -0.2) is 69.7 Å². The van der Waals surface area contributed by atoms with Crippen molar-refractivity contribution in [3.05, 3.63) is 117 Å². The van der Waals surface area contributed by atoms with Crippen molar-refractivity contribution in [2.45, 2.75) is 55.4 Å². The number of likely N-dealkylation sites (tertiary alicyclic amines) is 1. The number of nitrogens with zero attached hydrogens (tertiary/aromatic N) is 2. The first-order valence-corrected chi connectivity index (χ1v) is 19.4. The fourth-order valence-electron chi connectivity index (χ4n) is 5.90. The van der Waals surface area contributed by atoms with Crippen LogP contribution in [0.15, 0.2) is 90.1 Å². The number of pyridine rings is 1. The molecule has 0 amide bonds. The lowest BCUT2D eigenvalue weighted by atomic mass is 10.0. The second-order valence-electron chi connectivity index (χ2n) is 13.1. The molecule has 286 valence electrons. The average Bonchev–Trinajstić information content (AvgIpc) is 3.90. The third-order valence-corrected chi connectivity index (χ3v) is 11.0. The van der Waals surface area contributed by atoms with Gasteiger partial charge in [0.1, 0.15) is 18.2 Å². The molecule has 2 fully saturated rings. The van der Waals surface area contributed by atoms with E-state index in [2.05, 4.69) is 14.4 Å². The van der Waals surface area contributed by atoms with Crippen molar-refractivity contribution in [2.75, 3.05) is 26.7 Å². The lowest BCUT2D eigenvalue weighted by Gasteiger charge is -2.22. The van der Waals surface area contributed by atoms with E-state index in [9.17, 15) is 26.8 Å². The Morgan fingerprint density at radius 3 is 2.35 bits per heavy atom. The summed E-state index contributed by atoms with van der Waals surface area (Å²) in [6, 6.07) is 16.2. The number of ether oxygens (including phenoxy) is 4. The molecule has 2 aliphatic rings. The van der Waals surface area contributed by atoms with Gasteiger partial charge in [0.15, 0.2) is 11.5 Å². The predicted octanol–water partition coefficient (Wildman–Crippen LogP) is 7.19. The molecule has 11 nitrogen and oxygen atoms in total. The van der Waals surface area contributed by atoms with Gasteiger partial charge in [-0.1, -0.05) is 65.7 Å². The van der Waals surface area contributed by atoms with Crippen LogP contribution in [0.4, 0.5) is 8.78 Å². The Hall–Kier alpha value is -4.34. The number of likely N-dealkylation sites (N-methyl/N-ethyl adjacent to an activating group) is 1. The molecule has 54 heavy (non-hydrogen) atoms. The van der Waals surface area contributed by atoms with Crippen molar-refractivity contribution in [2.24, 2.45) is 5.92 Å². The van der Waals surface area contributed by atoms with E-state index < -0.39 is 46.8 Å². The lowest BCUT2D eigenvalue weighted by Crippen LogP contribution is -2.37. The Morgan fingerprint density at radius 2 is 1.69 bits per heavy atom. The minimum Gasteiger partial charge on any atom is -0.489 e. The van der Waals surface area contributed by atoms with Gasteiger partial charge in [0.2, 0.25) is 10.0 Å². The van der Waals surface area contributed by atoms with Crippen LogP contribution in [0.5, 0.6) is 11.5 Å². The van der Waals surface area contributed by atoms with Crippen molar-refractivity contribution in [3.8, 4) is 11.5 Å². The Kier molecular flexibility index (Phi) is 12.7. The van der Waals surface area contributed by atoms with E-state index >= 15 is 0 Å². The minimum absolute atomic E-state index is 0.0262. The van der Waals surface area contributed by atoms with E-state index in [4.69, 9.17) is 37.4 Å². The van der Waals surface area contributed by atoms with Crippen LogP contribution >= 0.6 is 23.2 Å². The summed E-state index contributed by atoms with van der Waals surface area (Å²) in [4.78, 5) is 32.9. The number of alkyl halides is 2. The highest BCUT2D eigenvalue weighted by atomic mass is 35.5. The number of sulfonamides is 1. The van der Waals surface area contributed by atoms with Gasteiger partial charge in [-0.2, -0.15) is 13.5 Å². The number of nitrogens with one attached hydrogen (secondary N) is 1. The molecule has 3 aromatic carbocycles. The summed E-state index contributed by atoms with van der Waals surface area (Å²) in [5.41, 5.74) is 0.964. The van der Waals surface area contributed by atoms with Crippen LogP contribution in [0.25, 0.3) is 0 Å². The summed E-state index contributed by atoms with van der Waals surface area (Å²) in [5.74, 6) is -1.56. The van der Waals surface area contributed by atoms with Gasteiger partial charge in [0, 0.05) is 31.9 Å². The molecular weight excluding hydrogens is 767 g/mol. The fraction of sp³-hybridized carbons (Fsp3) is 0.342. The third-order valence-electron chi connectivity index (χ3n) is 8.97. The predicted molar refractivity (Wildman–Crippen MR) is 195 cm³/mol. The zero-order valence-corrected chi connectivity index (χ0v) is 31.3. The Labute approximate surface area is 321 Å². The van der Waals surface area contributed by atoms with Crippen LogP contribution < -0.4 is 14.2 Å². The molecule has 16 heteroatoms. The van der Waals surface area contributed by atoms with Crippen LogP contribution in [0.3, 0.4) is 0 Å². The number of esters is 2. The van der Waals surface area contributed by atoms with Gasteiger partial charge < -0.3 is 23.8 Å². The van der Waals surface area contributed by atoms with E-state index in [0.717, 1.165) is 25.5 Å². The lowest BCUT2D eigenvalue weighted by molar-refractivity contribution is -0.150. The number of aromatic nitrogens is 1. The van der Waals surface area contributed by atoms with Crippen molar-refractivity contribution >= 4 is 45.2 Å². The molecule has 3 atom stereocenters. The molecule has 1 saturated heterocycles. The van der Waals surface area contributed by atoms with Crippen LogP contribution in [0, 0.1) is 5.92 Å². The van der Waals surface area contributed by atoms with E-state index in [1.807, 2.05) is 11.9 Å².